The molecule has 1 aromatic rings. The van der Waals surface area contributed by atoms with E-state index in [2.05, 4.69) is 4.98 Å². The standard InChI is InChI=1S/C11H14ClNO2/c1-7(2)8(3)15-11(14)9-4-5-13-10(12)6-9/h4-8H,1-3H3. The molecule has 0 spiro atoms. The van der Waals surface area contributed by atoms with Crippen molar-refractivity contribution in [2.75, 3.05) is 0 Å². The number of hydrogen-bond donors (Lipinski definition) is 0. The average Bonchev–Trinajstić information content (AvgIpc) is 2.17. The minimum Gasteiger partial charge on any atom is -0.459 e. The Labute approximate surface area is 94.4 Å². The van der Waals surface area contributed by atoms with Crippen molar-refractivity contribution in [3.8, 4) is 0 Å². The second-order valence-corrected chi connectivity index (χ2v) is 4.11. The van der Waals surface area contributed by atoms with Crippen LogP contribution in [-0.2, 0) is 4.74 Å². The first-order chi connectivity index (χ1) is 7.00. The van der Waals surface area contributed by atoms with E-state index < -0.39 is 0 Å². The largest absolute Gasteiger partial charge is 0.459 e. The highest BCUT2D eigenvalue weighted by atomic mass is 35.5. The van der Waals surface area contributed by atoms with Gasteiger partial charge < -0.3 is 4.74 Å². The molecule has 0 bridgehead atoms. The van der Waals surface area contributed by atoms with Crippen LogP contribution in [0.3, 0.4) is 0 Å². The van der Waals surface area contributed by atoms with E-state index in [-0.39, 0.29) is 12.1 Å². The molecule has 1 unspecified atom stereocenters. The molecule has 15 heavy (non-hydrogen) atoms. The van der Waals surface area contributed by atoms with Gasteiger partial charge in [0.05, 0.1) is 5.56 Å². The van der Waals surface area contributed by atoms with Gasteiger partial charge >= 0.3 is 5.97 Å². The quantitative estimate of drug-likeness (QED) is 0.589. The number of esters is 1. The molecule has 0 aromatic carbocycles. The van der Waals surface area contributed by atoms with Gasteiger partial charge in [0.25, 0.3) is 0 Å². The minimum absolute atomic E-state index is 0.107. The molecular formula is C11H14ClNO2. The zero-order valence-electron chi connectivity index (χ0n) is 9.03. The first kappa shape index (κ1) is 12.0. The van der Waals surface area contributed by atoms with Crippen molar-refractivity contribution in [3.05, 3.63) is 29.0 Å². The van der Waals surface area contributed by atoms with E-state index in [0.717, 1.165) is 0 Å². The number of nitrogens with zero attached hydrogens (tertiary/aromatic N) is 1. The molecule has 82 valence electrons. The van der Waals surface area contributed by atoms with E-state index in [4.69, 9.17) is 16.3 Å². The molecule has 0 saturated carbocycles. The van der Waals surface area contributed by atoms with Crippen LogP contribution in [0.5, 0.6) is 0 Å². The predicted octanol–water partition coefficient (Wildman–Crippen LogP) is 2.94. The zero-order valence-corrected chi connectivity index (χ0v) is 9.78. The van der Waals surface area contributed by atoms with E-state index in [1.54, 1.807) is 6.07 Å². The van der Waals surface area contributed by atoms with Crippen LogP contribution in [0.15, 0.2) is 18.3 Å². The normalized spacial score (nSPS) is 12.6. The summed E-state index contributed by atoms with van der Waals surface area (Å²) >= 11 is 5.67. The van der Waals surface area contributed by atoms with Crippen LogP contribution < -0.4 is 0 Å². The van der Waals surface area contributed by atoms with Gasteiger partial charge in [-0.3, -0.25) is 0 Å². The second kappa shape index (κ2) is 5.12. The average molecular weight is 228 g/mol. The lowest BCUT2D eigenvalue weighted by Gasteiger charge is -2.16. The van der Waals surface area contributed by atoms with Gasteiger partial charge in [0.2, 0.25) is 0 Å². The third-order valence-electron chi connectivity index (χ3n) is 2.19. The fourth-order valence-corrected chi connectivity index (χ4v) is 1.08. The van der Waals surface area contributed by atoms with Crippen molar-refractivity contribution in [2.45, 2.75) is 26.9 Å². The lowest BCUT2D eigenvalue weighted by atomic mass is 10.1. The van der Waals surface area contributed by atoms with Crippen molar-refractivity contribution in [3.63, 3.8) is 0 Å². The van der Waals surface area contributed by atoms with Gasteiger partial charge in [0.15, 0.2) is 0 Å². The number of pyridine rings is 1. The lowest BCUT2D eigenvalue weighted by molar-refractivity contribution is 0.0238. The number of carbonyl (C=O) groups excluding carboxylic acids is 1. The Bertz CT molecular complexity index is 352. The molecule has 1 atom stereocenters. The zero-order chi connectivity index (χ0) is 11.4. The summed E-state index contributed by atoms with van der Waals surface area (Å²) in [5.74, 6) is -0.0632. The monoisotopic (exact) mass is 227 g/mol. The van der Waals surface area contributed by atoms with Crippen molar-refractivity contribution in [1.82, 2.24) is 4.98 Å². The highest BCUT2D eigenvalue weighted by Crippen LogP contribution is 2.12. The second-order valence-electron chi connectivity index (χ2n) is 3.72. The predicted molar refractivity (Wildman–Crippen MR) is 59.0 cm³/mol. The number of aromatic nitrogens is 1. The molecule has 1 rings (SSSR count). The number of ether oxygens (including phenoxy) is 1. The highest BCUT2D eigenvalue weighted by Gasteiger charge is 2.14. The third kappa shape index (κ3) is 3.51. The van der Waals surface area contributed by atoms with E-state index >= 15 is 0 Å². The van der Waals surface area contributed by atoms with E-state index in [1.165, 1.54) is 12.3 Å². The van der Waals surface area contributed by atoms with Crippen LogP contribution in [-0.4, -0.2) is 17.1 Å². The van der Waals surface area contributed by atoms with Crippen molar-refractivity contribution < 1.29 is 9.53 Å². The molecule has 0 saturated heterocycles. The molecule has 0 aliphatic rings. The molecule has 1 heterocycles. The summed E-state index contributed by atoms with van der Waals surface area (Å²) in [7, 11) is 0. The number of hydrogen-bond acceptors (Lipinski definition) is 3. The van der Waals surface area contributed by atoms with Gasteiger partial charge in [-0.25, -0.2) is 9.78 Å². The van der Waals surface area contributed by atoms with Crippen molar-refractivity contribution in [2.24, 2.45) is 5.92 Å². The Morgan fingerprint density at radius 3 is 2.67 bits per heavy atom. The maximum Gasteiger partial charge on any atom is 0.338 e. The summed E-state index contributed by atoms with van der Waals surface area (Å²) in [4.78, 5) is 15.4. The van der Waals surface area contributed by atoms with E-state index in [0.29, 0.717) is 16.6 Å². The van der Waals surface area contributed by atoms with Crippen molar-refractivity contribution >= 4 is 17.6 Å². The van der Waals surface area contributed by atoms with Crippen LogP contribution in [0.25, 0.3) is 0 Å². The topological polar surface area (TPSA) is 39.2 Å². The van der Waals surface area contributed by atoms with Crippen LogP contribution in [0.1, 0.15) is 31.1 Å². The Morgan fingerprint density at radius 1 is 1.47 bits per heavy atom. The molecule has 0 N–H and O–H groups in total. The maximum atomic E-state index is 11.6. The Hall–Kier alpha value is -1.09. The first-order valence-electron chi connectivity index (χ1n) is 4.83. The molecule has 0 aliphatic heterocycles. The van der Waals surface area contributed by atoms with Gasteiger partial charge in [-0.15, -0.1) is 0 Å². The summed E-state index contributed by atoms with van der Waals surface area (Å²) in [5, 5.41) is 0.293. The van der Waals surface area contributed by atoms with Gasteiger partial charge in [0, 0.05) is 6.20 Å². The van der Waals surface area contributed by atoms with Crippen LogP contribution in [0.2, 0.25) is 5.15 Å². The molecular weight excluding hydrogens is 214 g/mol. The SMILES string of the molecule is CC(C)C(C)OC(=O)c1ccnc(Cl)c1. The van der Waals surface area contributed by atoms with Crippen LogP contribution >= 0.6 is 11.6 Å². The highest BCUT2D eigenvalue weighted by molar-refractivity contribution is 6.29. The number of carbonyl (C=O) groups is 1. The maximum absolute atomic E-state index is 11.6. The summed E-state index contributed by atoms with van der Waals surface area (Å²) in [5.41, 5.74) is 0.433. The molecule has 3 nitrogen and oxygen atoms in total. The Morgan fingerprint density at radius 2 is 2.13 bits per heavy atom. The third-order valence-corrected chi connectivity index (χ3v) is 2.40. The Kier molecular flexibility index (Phi) is 4.09. The van der Waals surface area contributed by atoms with Gasteiger partial charge in [-0.2, -0.15) is 0 Å². The smallest absolute Gasteiger partial charge is 0.338 e. The van der Waals surface area contributed by atoms with Crippen molar-refractivity contribution in [1.29, 1.82) is 0 Å². The molecule has 0 radical (unpaired) electrons. The lowest BCUT2D eigenvalue weighted by Crippen LogP contribution is -2.20. The Balaban J connectivity index is 2.69. The summed E-state index contributed by atoms with van der Waals surface area (Å²) < 4.78 is 5.23. The molecule has 0 fully saturated rings. The fraction of sp³-hybridized carbons (Fsp3) is 0.455. The molecule has 0 amide bonds. The minimum atomic E-state index is -0.361. The van der Waals surface area contributed by atoms with Gasteiger partial charge in [0.1, 0.15) is 11.3 Å². The van der Waals surface area contributed by atoms with Crippen LogP contribution in [0.4, 0.5) is 0 Å². The molecule has 4 heteroatoms. The molecule has 1 aromatic heterocycles. The summed E-state index contributed by atoms with van der Waals surface area (Å²) in [6.45, 7) is 5.86. The first-order valence-corrected chi connectivity index (χ1v) is 5.21. The van der Waals surface area contributed by atoms with Gasteiger partial charge in [-0.1, -0.05) is 25.4 Å². The van der Waals surface area contributed by atoms with Crippen LogP contribution in [0, 0.1) is 5.92 Å². The summed E-state index contributed by atoms with van der Waals surface area (Å²) in [6.07, 6.45) is 1.38. The fourth-order valence-electron chi connectivity index (χ4n) is 0.902. The van der Waals surface area contributed by atoms with E-state index in [1.807, 2.05) is 20.8 Å². The molecule has 0 aliphatic carbocycles. The number of halogens is 1. The van der Waals surface area contributed by atoms with Gasteiger partial charge in [-0.05, 0) is 25.0 Å². The summed E-state index contributed by atoms with van der Waals surface area (Å²) in [6, 6.07) is 3.08. The number of rotatable bonds is 3. The van der Waals surface area contributed by atoms with E-state index in [9.17, 15) is 4.79 Å².